The Morgan fingerprint density at radius 1 is 1.00 bits per heavy atom. The molecule has 0 spiro atoms. The molecular formula is C19H15BrN4O. The number of benzene rings is 1. The summed E-state index contributed by atoms with van der Waals surface area (Å²) in [4.78, 5) is 16.0. The Hall–Kier alpha value is -2.73. The number of nitrogens with zero attached hydrogens (tertiary/aromatic N) is 4. The van der Waals surface area contributed by atoms with Gasteiger partial charge in [-0.2, -0.15) is 5.10 Å². The number of carbonyl (C=O) groups is 1. The summed E-state index contributed by atoms with van der Waals surface area (Å²) in [6, 6.07) is 14.0. The van der Waals surface area contributed by atoms with Crippen LogP contribution >= 0.6 is 15.9 Å². The molecule has 1 aromatic carbocycles. The van der Waals surface area contributed by atoms with E-state index in [1.807, 2.05) is 47.0 Å². The zero-order valence-electron chi connectivity index (χ0n) is 13.6. The monoisotopic (exact) mass is 394 g/mol. The van der Waals surface area contributed by atoms with Crippen molar-refractivity contribution >= 4 is 27.5 Å². The molecule has 0 aliphatic carbocycles. The van der Waals surface area contributed by atoms with E-state index in [4.69, 9.17) is 0 Å². The van der Waals surface area contributed by atoms with E-state index < -0.39 is 0 Å². The second-order valence-corrected chi connectivity index (χ2v) is 6.37. The lowest BCUT2D eigenvalue weighted by Crippen LogP contribution is -2.05. The molecule has 4 rings (SSSR count). The van der Waals surface area contributed by atoms with E-state index in [0.29, 0.717) is 0 Å². The van der Waals surface area contributed by atoms with Crippen LogP contribution in [0.15, 0.2) is 61.1 Å². The van der Waals surface area contributed by atoms with Gasteiger partial charge < -0.3 is 4.40 Å². The summed E-state index contributed by atoms with van der Waals surface area (Å²) in [5.41, 5.74) is 5.83. The first kappa shape index (κ1) is 15.8. The topological polar surface area (TPSA) is 52.2 Å². The van der Waals surface area contributed by atoms with E-state index in [2.05, 4.69) is 38.3 Å². The van der Waals surface area contributed by atoms with Crippen LogP contribution in [0.25, 0.3) is 28.2 Å². The number of pyridine rings is 1. The molecule has 0 aliphatic heterocycles. The molecule has 25 heavy (non-hydrogen) atoms. The highest BCUT2D eigenvalue weighted by Gasteiger charge is 2.08. The Morgan fingerprint density at radius 3 is 2.36 bits per heavy atom. The van der Waals surface area contributed by atoms with E-state index in [-0.39, 0.29) is 5.91 Å². The highest BCUT2D eigenvalue weighted by molar-refractivity contribution is 9.08. The van der Waals surface area contributed by atoms with Gasteiger partial charge in [-0.1, -0.05) is 46.3 Å². The van der Waals surface area contributed by atoms with Gasteiger partial charge in [0.25, 0.3) is 0 Å². The van der Waals surface area contributed by atoms with Gasteiger partial charge in [0.2, 0.25) is 5.91 Å². The smallest absolute Gasteiger partial charge is 0.243 e. The third-order valence-electron chi connectivity index (χ3n) is 4.05. The van der Waals surface area contributed by atoms with Crippen molar-refractivity contribution in [2.24, 2.45) is 0 Å². The number of hydrogen-bond donors (Lipinski definition) is 0. The van der Waals surface area contributed by atoms with Gasteiger partial charge in [-0.15, -0.1) is 0 Å². The van der Waals surface area contributed by atoms with Crippen LogP contribution in [0, 0.1) is 0 Å². The maximum absolute atomic E-state index is 11.3. The molecule has 0 atom stereocenters. The number of imidazole rings is 1. The van der Waals surface area contributed by atoms with Gasteiger partial charge in [-0.3, -0.25) is 4.79 Å². The van der Waals surface area contributed by atoms with Crippen LogP contribution < -0.4 is 0 Å². The largest absolute Gasteiger partial charge is 0.306 e. The lowest BCUT2D eigenvalue weighted by Gasteiger charge is -1.99. The Kier molecular flexibility index (Phi) is 3.97. The summed E-state index contributed by atoms with van der Waals surface area (Å²) >= 11 is 3.47. The van der Waals surface area contributed by atoms with Crippen LogP contribution in [0.4, 0.5) is 0 Å². The molecule has 0 radical (unpaired) electrons. The molecule has 0 bridgehead atoms. The Bertz CT molecular complexity index is 1060. The first-order chi connectivity index (χ1) is 12.1. The average Bonchev–Trinajstić information content (AvgIpc) is 3.28. The zero-order chi connectivity index (χ0) is 17.4. The van der Waals surface area contributed by atoms with Gasteiger partial charge in [0.15, 0.2) is 0 Å². The van der Waals surface area contributed by atoms with Gasteiger partial charge in [-0.05, 0) is 17.7 Å². The van der Waals surface area contributed by atoms with E-state index in [9.17, 15) is 4.79 Å². The number of hydrogen-bond acceptors (Lipinski definition) is 3. The van der Waals surface area contributed by atoms with Crippen molar-refractivity contribution in [1.82, 2.24) is 19.2 Å². The molecule has 124 valence electrons. The van der Waals surface area contributed by atoms with Crippen molar-refractivity contribution in [2.75, 3.05) is 0 Å². The fourth-order valence-corrected chi connectivity index (χ4v) is 3.05. The number of fused-ring (bicyclic) bond motifs is 1. The molecule has 0 aliphatic rings. The summed E-state index contributed by atoms with van der Waals surface area (Å²) < 4.78 is 3.38. The minimum absolute atomic E-state index is 0.101. The molecule has 5 nitrogen and oxygen atoms in total. The summed E-state index contributed by atoms with van der Waals surface area (Å²) in [6.45, 7) is 1.49. The fourth-order valence-electron chi connectivity index (χ4n) is 2.72. The minimum Gasteiger partial charge on any atom is -0.306 e. The van der Waals surface area contributed by atoms with Crippen LogP contribution in [0.1, 0.15) is 17.3 Å². The van der Waals surface area contributed by atoms with Crippen LogP contribution in [-0.4, -0.2) is 25.1 Å². The number of aromatic nitrogens is 4. The number of carbonyl (C=O) groups excluding carboxylic acids is 1. The average molecular weight is 395 g/mol. The molecule has 0 N–H and O–H groups in total. The quantitative estimate of drug-likeness (QED) is 0.483. The van der Waals surface area contributed by atoms with E-state index in [1.165, 1.54) is 17.2 Å². The van der Waals surface area contributed by atoms with Crippen molar-refractivity contribution in [1.29, 1.82) is 0 Å². The number of halogens is 1. The minimum atomic E-state index is -0.101. The number of rotatable bonds is 3. The molecule has 6 heteroatoms. The standard InChI is InChI=1S/C19H15BrN4O/c1-13(25)24-9-8-17(22-24)15-3-5-16(6-4-15)18-12-23-11-14(10-20)2-7-19(23)21-18/h2-9,11-12H,10H2,1H3. The van der Waals surface area contributed by atoms with Crippen molar-refractivity contribution in [3.05, 3.63) is 66.6 Å². The first-order valence-corrected chi connectivity index (χ1v) is 8.97. The van der Waals surface area contributed by atoms with Gasteiger partial charge in [-0.25, -0.2) is 9.67 Å². The third kappa shape index (κ3) is 3.00. The van der Waals surface area contributed by atoms with Gasteiger partial charge in [0.05, 0.1) is 11.4 Å². The maximum atomic E-state index is 11.3. The predicted octanol–water partition coefficient (Wildman–Crippen LogP) is 4.42. The number of alkyl halides is 1. The fraction of sp³-hybridized carbons (Fsp3) is 0.105. The van der Waals surface area contributed by atoms with E-state index in [0.717, 1.165) is 33.5 Å². The third-order valence-corrected chi connectivity index (χ3v) is 4.70. The summed E-state index contributed by atoms with van der Waals surface area (Å²) in [5, 5.41) is 5.10. The molecule has 0 fully saturated rings. The summed E-state index contributed by atoms with van der Waals surface area (Å²) in [5.74, 6) is -0.101. The normalized spacial score (nSPS) is 11.1. The van der Waals surface area contributed by atoms with Crippen molar-refractivity contribution in [3.8, 4) is 22.5 Å². The second-order valence-electron chi connectivity index (χ2n) is 5.80. The van der Waals surface area contributed by atoms with Crippen LogP contribution in [0.3, 0.4) is 0 Å². The van der Waals surface area contributed by atoms with Gasteiger partial charge >= 0.3 is 0 Å². The van der Waals surface area contributed by atoms with Crippen LogP contribution in [-0.2, 0) is 5.33 Å². The SMILES string of the molecule is CC(=O)n1ccc(-c2ccc(-c3cn4cc(CBr)ccc4n3)cc2)n1. The summed E-state index contributed by atoms with van der Waals surface area (Å²) in [7, 11) is 0. The van der Waals surface area contributed by atoms with Crippen molar-refractivity contribution in [3.63, 3.8) is 0 Å². The van der Waals surface area contributed by atoms with Crippen LogP contribution in [0.2, 0.25) is 0 Å². The first-order valence-electron chi connectivity index (χ1n) is 7.85. The molecule has 0 unspecified atom stereocenters. The molecule has 4 aromatic rings. The molecule has 0 amide bonds. The molecule has 0 saturated carbocycles. The predicted molar refractivity (Wildman–Crippen MR) is 101 cm³/mol. The lowest BCUT2D eigenvalue weighted by molar-refractivity contribution is 0.0921. The zero-order valence-corrected chi connectivity index (χ0v) is 15.1. The highest BCUT2D eigenvalue weighted by Crippen LogP contribution is 2.24. The lowest BCUT2D eigenvalue weighted by atomic mass is 10.1. The Morgan fingerprint density at radius 2 is 1.72 bits per heavy atom. The van der Waals surface area contributed by atoms with Gasteiger partial charge in [0.1, 0.15) is 5.65 Å². The van der Waals surface area contributed by atoms with Gasteiger partial charge in [0, 0.05) is 42.0 Å². The van der Waals surface area contributed by atoms with Crippen molar-refractivity contribution < 1.29 is 4.79 Å². The molecule has 3 aromatic heterocycles. The molecule has 3 heterocycles. The van der Waals surface area contributed by atoms with Crippen molar-refractivity contribution in [2.45, 2.75) is 12.3 Å². The van der Waals surface area contributed by atoms with E-state index >= 15 is 0 Å². The molecule has 0 saturated heterocycles. The Balaban J connectivity index is 1.66. The second kappa shape index (κ2) is 6.29. The highest BCUT2D eigenvalue weighted by atomic mass is 79.9. The Labute approximate surface area is 153 Å². The van der Waals surface area contributed by atoms with Crippen LogP contribution in [0.5, 0.6) is 0 Å². The maximum Gasteiger partial charge on any atom is 0.243 e. The van der Waals surface area contributed by atoms with E-state index in [1.54, 1.807) is 6.20 Å². The summed E-state index contributed by atoms with van der Waals surface area (Å²) in [6.07, 6.45) is 5.78. The molecular weight excluding hydrogens is 380 g/mol.